The van der Waals surface area contributed by atoms with E-state index >= 15 is 0 Å². The first-order valence-electron chi connectivity index (χ1n) is 15.0. The maximum Gasteiger partial charge on any atom is -0.109 e. The van der Waals surface area contributed by atoms with Crippen LogP contribution in [0.4, 0.5) is 0 Å². The van der Waals surface area contributed by atoms with Gasteiger partial charge in [0.25, 0.3) is 0 Å². The third-order valence-electron chi connectivity index (χ3n) is 7.73. The van der Waals surface area contributed by atoms with Crippen molar-refractivity contribution in [1.82, 2.24) is 0 Å². The summed E-state index contributed by atoms with van der Waals surface area (Å²) in [5, 5.41) is 3.05. The van der Waals surface area contributed by atoms with Crippen molar-refractivity contribution in [2.75, 3.05) is 0 Å². The molecule has 0 saturated heterocycles. The fourth-order valence-electron chi connectivity index (χ4n) is 4.98. The Morgan fingerprint density at radius 1 is 0.690 bits per heavy atom. The number of fused-ring (bicyclic) bond motifs is 3. The van der Waals surface area contributed by atoms with Crippen molar-refractivity contribution in [3.05, 3.63) is 143 Å². The first-order valence-corrected chi connectivity index (χ1v) is 20.2. The molecule has 0 amide bonds. The molecule has 0 atom stereocenters. The van der Waals surface area contributed by atoms with Gasteiger partial charge in [-0.1, -0.05) is 65.3 Å². The number of benzene rings is 4. The summed E-state index contributed by atoms with van der Waals surface area (Å²) in [6, 6.07) is 33.2. The fourth-order valence-corrected chi connectivity index (χ4v) is 8.77. The van der Waals surface area contributed by atoms with Gasteiger partial charge in [-0.3, -0.25) is 6.08 Å². The van der Waals surface area contributed by atoms with Crippen LogP contribution in [0, 0.1) is 26.0 Å². The predicted octanol–water partition coefficient (Wildman–Crippen LogP) is 8.91. The van der Waals surface area contributed by atoms with Crippen LogP contribution in [-0.2, 0) is 40.6 Å². The Balaban J connectivity index is 0.000000170. The van der Waals surface area contributed by atoms with Gasteiger partial charge in [0.2, 0.25) is 0 Å². The number of rotatable bonds is 2. The molecular weight excluding hydrogens is 600 g/mol. The molecule has 212 valence electrons. The molecule has 0 spiro atoms. The van der Waals surface area contributed by atoms with E-state index in [4.69, 9.17) is 0 Å². The molecule has 2 aliphatic carbocycles. The van der Waals surface area contributed by atoms with E-state index in [1.54, 1.807) is 23.3 Å². The van der Waals surface area contributed by atoms with Gasteiger partial charge in [0.15, 0.2) is 0 Å². The first kappa shape index (κ1) is 32.4. The second-order valence-corrected chi connectivity index (χ2v) is 19.0. The van der Waals surface area contributed by atoms with Crippen molar-refractivity contribution >= 4 is 15.8 Å². The summed E-state index contributed by atoms with van der Waals surface area (Å²) in [5.74, 6) is 0. The average molecular weight is 644 g/mol. The molecule has 2 aliphatic rings. The van der Waals surface area contributed by atoms with Crippen LogP contribution >= 0.6 is 0 Å². The Morgan fingerprint density at radius 3 is 1.71 bits per heavy atom. The molecular formula is C40H44SiZr. The van der Waals surface area contributed by atoms with Crippen LogP contribution in [0.2, 0.25) is 0 Å². The van der Waals surface area contributed by atoms with Crippen molar-refractivity contribution in [3.63, 3.8) is 0 Å². The van der Waals surface area contributed by atoms with E-state index in [-0.39, 0.29) is 10.8 Å². The molecule has 6 rings (SSSR count). The molecule has 4 aromatic carbocycles. The minimum Gasteiger partial charge on any atom is -0.273 e. The normalized spacial score (nSPS) is 13.0. The van der Waals surface area contributed by atoms with Crippen LogP contribution in [0.15, 0.2) is 97.1 Å². The maximum absolute atomic E-state index is 3.67. The number of allylic oxidation sites excluding steroid dienone is 4. The van der Waals surface area contributed by atoms with E-state index in [0.717, 1.165) is 12.8 Å². The van der Waals surface area contributed by atoms with E-state index in [2.05, 4.69) is 152 Å². The van der Waals surface area contributed by atoms with E-state index in [0.29, 0.717) is 0 Å². The third kappa shape index (κ3) is 8.52. The van der Waals surface area contributed by atoms with Gasteiger partial charge in [0, 0.05) is 0 Å². The third-order valence-corrected chi connectivity index (χ3v) is 13.8. The topological polar surface area (TPSA) is 0 Å². The quantitative estimate of drug-likeness (QED) is 0.133. The smallest absolute Gasteiger partial charge is 0.109 e. The Morgan fingerprint density at radius 2 is 1.26 bits per heavy atom. The van der Waals surface area contributed by atoms with E-state index in [1.807, 2.05) is 12.2 Å². The predicted molar refractivity (Wildman–Crippen MR) is 180 cm³/mol. The molecule has 0 fully saturated rings. The van der Waals surface area contributed by atoms with Gasteiger partial charge < -0.3 is 0 Å². The summed E-state index contributed by atoms with van der Waals surface area (Å²) in [6.45, 7) is 17.9. The van der Waals surface area contributed by atoms with Crippen molar-refractivity contribution in [2.45, 2.75) is 79.1 Å². The molecule has 0 aliphatic heterocycles. The van der Waals surface area contributed by atoms with Gasteiger partial charge in [0.1, 0.15) is 0 Å². The Labute approximate surface area is 270 Å². The number of hydrogen-bond donors (Lipinski definition) is 0. The number of hydrogen-bond acceptors (Lipinski definition) is 0. The van der Waals surface area contributed by atoms with E-state index < -0.39 is 5.43 Å². The maximum atomic E-state index is 3.67. The molecule has 4 aromatic rings. The standard InChI is InChI=1S/C21H25.C14H14Si.C5H5.Zr/c1-20(2,3)16-7-9-18-14(12-16)11-15-13-17(21(4,5)6)8-10-19(15)18;1-11-3-7-13(8-4-11)15-14-9-5-12(2)6-10-14;1-2-4-5-3-1;/h7-10,12H,11H2,1-6H3;3-10H,1-2H3;1-3H,4H2;/q-1;;-1;+2. The zero-order chi connectivity index (χ0) is 30.5. The van der Waals surface area contributed by atoms with Crippen LogP contribution in [0.25, 0.3) is 11.1 Å². The summed E-state index contributed by atoms with van der Waals surface area (Å²) in [6.07, 6.45) is 11.0. The van der Waals surface area contributed by atoms with Crippen molar-refractivity contribution in [1.29, 1.82) is 0 Å². The molecule has 0 radical (unpaired) electrons. The van der Waals surface area contributed by atoms with Gasteiger partial charge in [-0.05, 0) is 28.4 Å². The van der Waals surface area contributed by atoms with Gasteiger partial charge >= 0.3 is 113 Å². The van der Waals surface area contributed by atoms with Crippen molar-refractivity contribution < 1.29 is 23.3 Å². The fraction of sp³-hybridized carbons (Fsp3) is 0.300. The molecule has 42 heavy (non-hydrogen) atoms. The van der Waals surface area contributed by atoms with Gasteiger partial charge in [-0.15, -0.1) is 17.5 Å². The molecule has 0 saturated carbocycles. The summed E-state index contributed by atoms with van der Waals surface area (Å²) < 4.78 is 0. The van der Waals surface area contributed by atoms with Crippen LogP contribution < -0.4 is 10.4 Å². The zero-order valence-corrected chi connectivity index (χ0v) is 30.1. The summed E-state index contributed by atoms with van der Waals surface area (Å²) in [7, 11) is 0. The average Bonchev–Trinajstić information content (AvgIpc) is 3.64. The Hall–Kier alpha value is -2.54. The monoisotopic (exact) mass is 642 g/mol. The Bertz CT molecular complexity index is 1470. The van der Waals surface area contributed by atoms with E-state index in [1.165, 1.54) is 54.9 Å². The van der Waals surface area contributed by atoms with Crippen LogP contribution in [-0.4, -0.2) is 5.43 Å². The minimum absolute atomic E-state index is 0.167. The number of aryl methyl sites for hydroxylation is 2. The van der Waals surface area contributed by atoms with Crippen molar-refractivity contribution in [2.24, 2.45) is 0 Å². The molecule has 2 heteroatoms. The summed E-state index contributed by atoms with van der Waals surface area (Å²) >= 11 is 1.65. The molecule has 0 bridgehead atoms. The minimum atomic E-state index is -0.488. The largest absolute Gasteiger partial charge is 0.273 e. The van der Waals surface area contributed by atoms with Gasteiger partial charge in [0.05, 0.1) is 0 Å². The van der Waals surface area contributed by atoms with Crippen LogP contribution in [0.1, 0.15) is 81.3 Å². The molecule has 0 heterocycles. The van der Waals surface area contributed by atoms with Gasteiger partial charge in [-0.2, -0.15) is 29.8 Å². The molecule has 0 unspecified atom stereocenters. The molecule has 0 aromatic heterocycles. The second kappa shape index (κ2) is 13.8. The summed E-state index contributed by atoms with van der Waals surface area (Å²) in [4.78, 5) is 0. The van der Waals surface area contributed by atoms with Crippen molar-refractivity contribution in [3.8, 4) is 11.1 Å². The SMILES string of the molecule is CC(C)(C)c1[c-]c2c(cc1)-c1ccc(C(C)(C)C)cc1C2.Cc1ccc([Si](=[Zr+2])c2ccc(C)cc2)cc1.[C-]1=CC=CC1. The molecule has 0 nitrogen and oxygen atoms in total. The van der Waals surface area contributed by atoms with Crippen LogP contribution in [0.5, 0.6) is 0 Å². The van der Waals surface area contributed by atoms with Crippen LogP contribution in [0.3, 0.4) is 0 Å². The second-order valence-electron chi connectivity index (χ2n) is 13.4. The van der Waals surface area contributed by atoms with E-state index in [9.17, 15) is 0 Å². The van der Waals surface area contributed by atoms with Gasteiger partial charge in [-0.25, -0.2) is 12.2 Å². The molecule has 0 N–H and O–H groups in total. The Kier molecular flexibility index (Phi) is 10.7. The zero-order valence-electron chi connectivity index (χ0n) is 26.7. The summed E-state index contributed by atoms with van der Waals surface area (Å²) in [5.41, 5.74) is 10.9. The first-order chi connectivity index (χ1) is 19.8.